The highest BCUT2D eigenvalue weighted by atomic mass is 32.1. The normalized spacial score (nSPS) is 14.0. The van der Waals surface area contributed by atoms with E-state index in [1.54, 1.807) is 24.3 Å². The molecule has 164 valence electrons. The summed E-state index contributed by atoms with van der Waals surface area (Å²) in [6.45, 7) is 4.18. The highest BCUT2D eigenvalue weighted by Gasteiger charge is 2.42. The third-order valence-corrected chi connectivity index (χ3v) is 6.72. The second-order valence-corrected chi connectivity index (χ2v) is 8.69. The average Bonchev–Trinajstić information content (AvgIpc) is 3.37. The van der Waals surface area contributed by atoms with Gasteiger partial charge in [-0.25, -0.2) is 0 Å². The third-order valence-electron chi connectivity index (χ3n) is 5.72. The molecule has 0 bridgehead atoms. The van der Waals surface area contributed by atoms with E-state index in [4.69, 9.17) is 0 Å². The summed E-state index contributed by atoms with van der Waals surface area (Å²) in [6, 6.07) is 15.0. The van der Waals surface area contributed by atoms with Gasteiger partial charge in [0.05, 0.1) is 11.1 Å². The van der Waals surface area contributed by atoms with Crippen molar-refractivity contribution < 1.29 is 14.4 Å². The fourth-order valence-corrected chi connectivity index (χ4v) is 4.92. The molecular formula is C24H24N4O3S. The number of aromatic nitrogens is 2. The zero-order valence-electron chi connectivity index (χ0n) is 17.9. The van der Waals surface area contributed by atoms with E-state index in [1.165, 1.54) is 11.3 Å². The van der Waals surface area contributed by atoms with Gasteiger partial charge in [-0.3, -0.25) is 24.6 Å². The highest BCUT2D eigenvalue weighted by Crippen LogP contribution is 2.30. The van der Waals surface area contributed by atoms with Crippen LogP contribution >= 0.6 is 11.3 Å². The quantitative estimate of drug-likeness (QED) is 0.519. The van der Waals surface area contributed by atoms with E-state index in [0.717, 1.165) is 28.3 Å². The van der Waals surface area contributed by atoms with Gasteiger partial charge in [-0.15, -0.1) is 10.2 Å². The van der Waals surface area contributed by atoms with E-state index >= 15 is 0 Å². The van der Waals surface area contributed by atoms with Crippen molar-refractivity contribution in [2.45, 2.75) is 45.1 Å². The lowest BCUT2D eigenvalue weighted by atomic mass is 10.0. The van der Waals surface area contributed by atoms with Gasteiger partial charge in [0.2, 0.25) is 11.0 Å². The summed E-state index contributed by atoms with van der Waals surface area (Å²) in [7, 11) is 0. The molecule has 1 atom stereocenters. The van der Waals surface area contributed by atoms with Crippen molar-refractivity contribution in [1.82, 2.24) is 15.1 Å². The lowest BCUT2D eigenvalue weighted by Crippen LogP contribution is -2.48. The number of hydrogen-bond donors (Lipinski definition) is 1. The molecule has 0 saturated carbocycles. The lowest BCUT2D eigenvalue weighted by Gasteiger charge is -2.25. The van der Waals surface area contributed by atoms with Crippen molar-refractivity contribution in [3.63, 3.8) is 0 Å². The van der Waals surface area contributed by atoms with E-state index in [0.29, 0.717) is 16.3 Å². The number of anilines is 1. The van der Waals surface area contributed by atoms with E-state index < -0.39 is 23.8 Å². The Labute approximate surface area is 190 Å². The van der Waals surface area contributed by atoms with Gasteiger partial charge >= 0.3 is 0 Å². The first kappa shape index (κ1) is 21.8. The molecule has 0 fully saturated rings. The molecule has 4 rings (SSSR count). The van der Waals surface area contributed by atoms with Crippen LogP contribution in [-0.2, 0) is 11.2 Å². The smallest absolute Gasteiger partial charge is 0.262 e. The fourth-order valence-electron chi connectivity index (χ4n) is 3.91. The molecule has 0 spiro atoms. The average molecular weight is 449 g/mol. The van der Waals surface area contributed by atoms with Crippen molar-refractivity contribution in [1.29, 1.82) is 0 Å². The summed E-state index contributed by atoms with van der Waals surface area (Å²) >= 11 is 1.33. The molecule has 1 aromatic heterocycles. The summed E-state index contributed by atoms with van der Waals surface area (Å²) in [4.78, 5) is 40.5. The molecular weight excluding hydrogens is 424 g/mol. The Balaban J connectivity index is 1.62. The Morgan fingerprint density at radius 3 is 2.12 bits per heavy atom. The third kappa shape index (κ3) is 4.18. The van der Waals surface area contributed by atoms with Gasteiger partial charge in [-0.2, -0.15) is 0 Å². The number of fused-ring (bicyclic) bond motifs is 1. The predicted octanol–water partition coefficient (Wildman–Crippen LogP) is 4.29. The largest absolute Gasteiger partial charge is 0.299 e. The van der Waals surface area contributed by atoms with Crippen LogP contribution in [0.25, 0.3) is 0 Å². The van der Waals surface area contributed by atoms with Gasteiger partial charge < -0.3 is 0 Å². The first-order valence-electron chi connectivity index (χ1n) is 10.7. The van der Waals surface area contributed by atoms with Gasteiger partial charge in [0.25, 0.3) is 11.8 Å². The summed E-state index contributed by atoms with van der Waals surface area (Å²) in [6.07, 6.45) is 2.08. The molecule has 2 aromatic carbocycles. The van der Waals surface area contributed by atoms with Gasteiger partial charge in [0.1, 0.15) is 11.0 Å². The SMILES string of the molecule is CCC(CC)c1nnc(NC(=O)[C@H](Cc2ccccc2)N2C(=O)c3ccccc3C2=O)s1. The van der Waals surface area contributed by atoms with Crippen LogP contribution in [0.3, 0.4) is 0 Å². The number of carbonyl (C=O) groups excluding carboxylic acids is 3. The number of nitrogens with one attached hydrogen (secondary N) is 1. The molecule has 8 heteroatoms. The first-order chi connectivity index (χ1) is 15.5. The lowest BCUT2D eigenvalue weighted by molar-refractivity contribution is -0.119. The van der Waals surface area contributed by atoms with Crippen LogP contribution in [0.5, 0.6) is 0 Å². The van der Waals surface area contributed by atoms with E-state index in [1.807, 2.05) is 30.3 Å². The van der Waals surface area contributed by atoms with Gasteiger partial charge in [0, 0.05) is 12.3 Å². The van der Waals surface area contributed by atoms with Crippen LogP contribution in [0.4, 0.5) is 5.13 Å². The predicted molar refractivity (Wildman–Crippen MR) is 123 cm³/mol. The topological polar surface area (TPSA) is 92.3 Å². The maximum Gasteiger partial charge on any atom is 0.262 e. The Morgan fingerprint density at radius 2 is 1.53 bits per heavy atom. The maximum atomic E-state index is 13.3. The Hall–Kier alpha value is -3.39. The van der Waals surface area contributed by atoms with Gasteiger partial charge in [-0.1, -0.05) is 67.6 Å². The molecule has 0 radical (unpaired) electrons. The molecule has 0 unspecified atom stereocenters. The molecule has 1 aliphatic rings. The molecule has 1 N–H and O–H groups in total. The number of hydrogen-bond acceptors (Lipinski definition) is 6. The standard InChI is InChI=1S/C24H24N4O3S/c1-3-16(4-2)21-26-27-24(32-21)25-20(29)19(14-15-10-6-5-7-11-15)28-22(30)17-12-8-9-13-18(17)23(28)31/h5-13,16,19H,3-4,14H2,1-2H3,(H,25,27,29)/t19-/m0/s1. The zero-order chi connectivity index (χ0) is 22.7. The second-order valence-electron chi connectivity index (χ2n) is 7.68. The molecule has 0 aliphatic carbocycles. The van der Waals surface area contributed by atoms with Crippen LogP contribution < -0.4 is 5.32 Å². The first-order valence-corrected chi connectivity index (χ1v) is 11.5. The van der Waals surface area contributed by atoms with Crippen molar-refractivity contribution in [3.05, 3.63) is 76.3 Å². The number of nitrogens with zero attached hydrogens (tertiary/aromatic N) is 3. The second kappa shape index (κ2) is 9.40. The van der Waals surface area contributed by atoms with Crippen LogP contribution in [0.2, 0.25) is 0 Å². The molecule has 0 saturated heterocycles. The maximum absolute atomic E-state index is 13.3. The summed E-state index contributed by atoms with van der Waals surface area (Å²) in [5, 5.41) is 12.4. The molecule has 32 heavy (non-hydrogen) atoms. The molecule has 3 aromatic rings. The molecule has 3 amide bonds. The minimum atomic E-state index is -1.01. The van der Waals surface area contributed by atoms with Gasteiger partial charge in [-0.05, 0) is 30.5 Å². The van der Waals surface area contributed by atoms with Crippen LogP contribution in [0.1, 0.15) is 63.9 Å². The highest BCUT2D eigenvalue weighted by molar-refractivity contribution is 7.15. The number of imide groups is 1. The Kier molecular flexibility index (Phi) is 6.41. The summed E-state index contributed by atoms with van der Waals surface area (Å²) < 4.78 is 0. The van der Waals surface area contributed by atoms with E-state index in [2.05, 4.69) is 29.4 Å². The van der Waals surface area contributed by atoms with Crippen molar-refractivity contribution in [2.24, 2.45) is 0 Å². The minimum absolute atomic E-state index is 0.205. The summed E-state index contributed by atoms with van der Waals surface area (Å²) in [5.74, 6) is -1.10. The van der Waals surface area contributed by atoms with Crippen LogP contribution in [-0.4, -0.2) is 38.9 Å². The van der Waals surface area contributed by atoms with Crippen LogP contribution in [0.15, 0.2) is 54.6 Å². The fraction of sp³-hybridized carbons (Fsp3) is 0.292. The minimum Gasteiger partial charge on any atom is -0.299 e. The van der Waals surface area contributed by atoms with Crippen LogP contribution in [0, 0.1) is 0 Å². The van der Waals surface area contributed by atoms with E-state index in [-0.39, 0.29) is 12.3 Å². The number of benzene rings is 2. The zero-order valence-corrected chi connectivity index (χ0v) is 18.8. The molecule has 1 aliphatic heterocycles. The number of amides is 3. The van der Waals surface area contributed by atoms with Crippen molar-refractivity contribution >= 4 is 34.2 Å². The number of carbonyl (C=O) groups is 3. The number of rotatable bonds is 8. The monoisotopic (exact) mass is 448 g/mol. The Bertz CT molecular complexity index is 1110. The van der Waals surface area contributed by atoms with E-state index in [9.17, 15) is 14.4 Å². The summed E-state index contributed by atoms with van der Waals surface area (Å²) in [5.41, 5.74) is 1.48. The van der Waals surface area contributed by atoms with Crippen molar-refractivity contribution in [2.75, 3.05) is 5.32 Å². The molecule has 7 nitrogen and oxygen atoms in total. The molecule has 2 heterocycles. The Morgan fingerprint density at radius 1 is 0.938 bits per heavy atom. The van der Waals surface area contributed by atoms with Crippen molar-refractivity contribution in [3.8, 4) is 0 Å². The van der Waals surface area contributed by atoms with Gasteiger partial charge in [0.15, 0.2) is 0 Å².